The maximum absolute atomic E-state index is 13.6. The van der Waals surface area contributed by atoms with Gasteiger partial charge in [-0.05, 0) is 31.0 Å². The summed E-state index contributed by atoms with van der Waals surface area (Å²) in [6, 6.07) is 5.25. The first-order valence-electron chi connectivity index (χ1n) is 5.89. The van der Waals surface area contributed by atoms with Gasteiger partial charge in [0.25, 0.3) is 5.19 Å². The van der Waals surface area contributed by atoms with Gasteiger partial charge in [-0.1, -0.05) is 32.4 Å². The van der Waals surface area contributed by atoms with Crippen molar-refractivity contribution in [2.45, 2.75) is 25.4 Å². The summed E-state index contributed by atoms with van der Waals surface area (Å²) in [5.74, 6) is -0.275. The van der Waals surface area contributed by atoms with Crippen LogP contribution in [0.4, 0.5) is 4.39 Å². The third-order valence-electron chi connectivity index (χ3n) is 2.66. The Morgan fingerprint density at radius 2 is 2.26 bits per heavy atom. The molecule has 0 unspecified atom stereocenters. The fourth-order valence-electron chi connectivity index (χ4n) is 1.52. The molecule has 1 fully saturated rings. The normalized spacial score (nSPS) is 14.6. The van der Waals surface area contributed by atoms with Crippen LogP contribution in [0.1, 0.15) is 17.8 Å². The van der Waals surface area contributed by atoms with Gasteiger partial charge in [-0.25, -0.2) is 4.39 Å². The maximum atomic E-state index is 13.6. The minimum absolute atomic E-state index is 0.154. The van der Waals surface area contributed by atoms with Gasteiger partial charge in [0.1, 0.15) is 5.01 Å². The highest BCUT2D eigenvalue weighted by Crippen LogP contribution is 2.29. The van der Waals surface area contributed by atoms with E-state index in [1.165, 1.54) is 30.2 Å². The number of nitrogens with zero attached hydrogens (tertiary/aromatic N) is 2. The predicted molar refractivity (Wildman–Crippen MR) is 73.9 cm³/mol. The van der Waals surface area contributed by atoms with Crippen LogP contribution in [-0.4, -0.2) is 16.2 Å². The minimum atomic E-state index is -0.428. The maximum Gasteiger partial charge on any atom is 0.299 e. The Labute approximate surface area is 122 Å². The van der Waals surface area contributed by atoms with E-state index in [0.717, 1.165) is 5.01 Å². The minimum Gasteiger partial charge on any atom is -0.427 e. The molecule has 0 saturated heterocycles. The molecule has 1 saturated carbocycles. The number of hydrogen-bond donors (Lipinski definition) is 1. The Bertz CT molecular complexity index is 588. The summed E-state index contributed by atoms with van der Waals surface area (Å²) in [4.78, 5) is 0. The van der Waals surface area contributed by atoms with Crippen molar-refractivity contribution in [3.63, 3.8) is 0 Å². The second kappa shape index (κ2) is 5.52. The molecule has 0 bridgehead atoms. The standard InChI is InChI=1S/C12H11BrFN3OS/c13-7-1-4-10(9(14)5-7)18-12-17-16-11(19-12)6-15-8-2-3-8/h1,4-5,8,15H,2-3,6H2. The van der Waals surface area contributed by atoms with Gasteiger partial charge in [-0.2, -0.15) is 0 Å². The summed E-state index contributed by atoms with van der Waals surface area (Å²) in [7, 11) is 0. The van der Waals surface area contributed by atoms with Crippen LogP contribution >= 0.6 is 27.3 Å². The van der Waals surface area contributed by atoms with Crippen molar-refractivity contribution in [2.24, 2.45) is 0 Å². The zero-order valence-electron chi connectivity index (χ0n) is 9.90. The van der Waals surface area contributed by atoms with E-state index in [1.807, 2.05) is 0 Å². The zero-order chi connectivity index (χ0) is 13.2. The lowest BCUT2D eigenvalue weighted by Gasteiger charge is -2.02. The number of rotatable bonds is 5. The van der Waals surface area contributed by atoms with Gasteiger partial charge in [0.2, 0.25) is 0 Å². The third-order valence-corrected chi connectivity index (χ3v) is 3.95. The fourth-order valence-corrected chi connectivity index (χ4v) is 2.51. The SMILES string of the molecule is Fc1cc(Br)ccc1Oc1nnc(CNC2CC2)s1. The quantitative estimate of drug-likeness (QED) is 0.902. The summed E-state index contributed by atoms with van der Waals surface area (Å²) < 4.78 is 19.7. The highest BCUT2D eigenvalue weighted by molar-refractivity contribution is 9.10. The first kappa shape index (κ1) is 13.0. The Morgan fingerprint density at radius 3 is 3.00 bits per heavy atom. The van der Waals surface area contributed by atoms with E-state index in [2.05, 4.69) is 31.4 Å². The van der Waals surface area contributed by atoms with Crippen LogP contribution in [0.5, 0.6) is 10.9 Å². The van der Waals surface area contributed by atoms with Crippen LogP contribution in [0.2, 0.25) is 0 Å². The topological polar surface area (TPSA) is 47.0 Å². The molecule has 1 aromatic carbocycles. The molecule has 4 nitrogen and oxygen atoms in total. The molecule has 0 spiro atoms. The lowest BCUT2D eigenvalue weighted by molar-refractivity contribution is 0.435. The summed E-state index contributed by atoms with van der Waals surface area (Å²) in [6.45, 7) is 0.689. The van der Waals surface area contributed by atoms with E-state index >= 15 is 0 Å². The van der Waals surface area contributed by atoms with E-state index < -0.39 is 5.82 Å². The monoisotopic (exact) mass is 343 g/mol. The molecule has 1 N–H and O–H groups in total. The van der Waals surface area contributed by atoms with Crippen molar-refractivity contribution in [3.8, 4) is 10.9 Å². The van der Waals surface area contributed by atoms with Gasteiger partial charge in [0.05, 0.1) is 6.54 Å². The molecule has 1 aliphatic rings. The van der Waals surface area contributed by atoms with Gasteiger partial charge in [0.15, 0.2) is 11.6 Å². The molecule has 1 aliphatic carbocycles. The molecule has 0 radical (unpaired) electrons. The van der Waals surface area contributed by atoms with Gasteiger partial charge < -0.3 is 10.1 Å². The molecule has 19 heavy (non-hydrogen) atoms. The molecule has 2 aromatic rings. The number of ether oxygens (including phenoxy) is 1. The number of hydrogen-bond acceptors (Lipinski definition) is 5. The van der Waals surface area contributed by atoms with Crippen molar-refractivity contribution in [1.29, 1.82) is 0 Å². The van der Waals surface area contributed by atoms with Crippen molar-refractivity contribution in [2.75, 3.05) is 0 Å². The van der Waals surface area contributed by atoms with E-state index in [0.29, 0.717) is 22.3 Å². The molecule has 0 aliphatic heterocycles. The van der Waals surface area contributed by atoms with Crippen molar-refractivity contribution < 1.29 is 9.13 Å². The summed E-state index contributed by atoms with van der Waals surface area (Å²) in [6.07, 6.45) is 2.46. The van der Waals surface area contributed by atoms with Crippen molar-refractivity contribution >= 4 is 27.3 Å². The third kappa shape index (κ3) is 3.49. The number of benzene rings is 1. The summed E-state index contributed by atoms with van der Waals surface area (Å²) >= 11 is 4.52. The second-order valence-corrected chi connectivity index (χ2v) is 6.23. The number of nitrogens with one attached hydrogen (secondary N) is 1. The van der Waals surface area contributed by atoms with Crippen LogP contribution in [0.15, 0.2) is 22.7 Å². The highest BCUT2D eigenvalue weighted by atomic mass is 79.9. The largest absolute Gasteiger partial charge is 0.427 e. The molecule has 1 heterocycles. The Morgan fingerprint density at radius 1 is 1.42 bits per heavy atom. The van der Waals surface area contributed by atoms with E-state index in [-0.39, 0.29) is 5.75 Å². The average molecular weight is 344 g/mol. The van der Waals surface area contributed by atoms with Crippen LogP contribution in [-0.2, 0) is 6.54 Å². The Balaban J connectivity index is 1.65. The molecule has 100 valence electrons. The Kier molecular flexibility index (Phi) is 3.76. The fraction of sp³-hybridized carbons (Fsp3) is 0.333. The number of halogens is 2. The van der Waals surface area contributed by atoms with Crippen molar-refractivity contribution in [1.82, 2.24) is 15.5 Å². The van der Waals surface area contributed by atoms with Crippen LogP contribution in [0, 0.1) is 5.82 Å². The zero-order valence-corrected chi connectivity index (χ0v) is 12.3. The summed E-state index contributed by atoms with van der Waals surface area (Å²) in [5, 5.41) is 12.5. The van der Waals surface area contributed by atoms with Gasteiger partial charge in [-0.15, -0.1) is 5.10 Å². The van der Waals surface area contributed by atoms with Crippen LogP contribution < -0.4 is 10.1 Å². The van der Waals surface area contributed by atoms with Gasteiger partial charge >= 0.3 is 0 Å². The van der Waals surface area contributed by atoms with Gasteiger partial charge in [-0.3, -0.25) is 0 Å². The second-order valence-electron chi connectivity index (χ2n) is 4.29. The van der Waals surface area contributed by atoms with Crippen molar-refractivity contribution in [3.05, 3.63) is 33.5 Å². The lowest BCUT2D eigenvalue weighted by atomic mass is 10.3. The molecule has 1 aromatic heterocycles. The number of aromatic nitrogens is 2. The molecule has 7 heteroatoms. The van der Waals surface area contributed by atoms with E-state index in [4.69, 9.17) is 4.74 Å². The Hall–Kier alpha value is -1.05. The summed E-state index contributed by atoms with van der Waals surface area (Å²) in [5.41, 5.74) is 0. The predicted octanol–water partition coefficient (Wildman–Crippen LogP) is 3.48. The molecule has 3 rings (SSSR count). The molecule has 0 atom stereocenters. The van der Waals surface area contributed by atoms with Gasteiger partial charge in [0, 0.05) is 10.5 Å². The lowest BCUT2D eigenvalue weighted by Crippen LogP contribution is -2.14. The van der Waals surface area contributed by atoms with Crippen LogP contribution in [0.3, 0.4) is 0 Å². The van der Waals surface area contributed by atoms with Crippen LogP contribution in [0.25, 0.3) is 0 Å². The first-order valence-corrected chi connectivity index (χ1v) is 7.50. The highest BCUT2D eigenvalue weighted by Gasteiger charge is 2.21. The molecule has 0 amide bonds. The smallest absolute Gasteiger partial charge is 0.299 e. The van der Waals surface area contributed by atoms with E-state index in [1.54, 1.807) is 12.1 Å². The first-order chi connectivity index (χ1) is 9.20. The average Bonchev–Trinajstić information content (AvgIpc) is 3.10. The molecular weight excluding hydrogens is 333 g/mol. The molecular formula is C12H11BrFN3OS. The van der Waals surface area contributed by atoms with E-state index in [9.17, 15) is 4.39 Å².